The number of hydrogen-bond acceptors (Lipinski definition) is 4. The SMILES string of the molecule is CCNC(=O)CN(C)c1nccc(CN)c1Cl. The van der Waals surface area contributed by atoms with Crippen molar-refractivity contribution in [3.8, 4) is 0 Å². The summed E-state index contributed by atoms with van der Waals surface area (Å²) in [5.41, 5.74) is 6.38. The van der Waals surface area contributed by atoms with Gasteiger partial charge in [-0.3, -0.25) is 4.79 Å². The predicted octanol–water partition coefficient (Wildman–Crippen LogP) is 0.766. The maximum Gasteiger partial charge on any atom is 0.239 e. The van der Waals surface area contributed by atoms with Crippen LogP contribution in [-0.4, -0.2) is 31.0 Å². The highest BCUT2D eigenvalue weighted by Crippen LogP contribution is 2.25. The van der Waals surface area contributed by atoms with Crippen molar-refractivity contribution in [3.05, 3.63) is 22.8 Å². The molecule has 0 spiro atoms. The molecule has 0 aliphatic rings. The van der Waals surface area contributed by atoms with Gasteiger partial charge in [-0.2, -0.15) is 0 Å². The van der Waals surface area contributed by atoms with Gasteiger partial charge in [-0.15, -0.1) is 0 Å². The number of carbonyl (C=O) groups excluding carboxylic acids is 1. The molecule has 0 fully saturated rings. The number of rotatable bonds is 5. The Morgan fingerprint density at radius 3 is 2.94 bits per heavy atom. The van der Waals surface area contributed by atoms with E-state index in [0.29, 0.717) is 23.9 Å². The molecule has 0 bridgehead atoms. The van der Waals surface area contributed by atoms with Gasteiger partial charge in [0.05, 0.1) is 11.6 Å². The maximum atomic E-state index is 11.4. The lowest BCUT2D eigenvalue weighted by atomic mass is 10.2. The summed E-state index contributed by atoms with van der Waals surface area (Å²) in [7, 11) is 1.77. The lowest BCUT2D eigenvalue weighted by molar-refractivity contribution is -0.119. The summed E-state index contributed by atoms with van der Waals surface area (Å²) >= 11 is 6.15. The minimum atomic E-state index is -0.0639. The van der Waals surface area contributed by atoms with Crippen LogP contribution in [0.25, 0.3) is 0 Å². The Morgan fingerprint density at radius 2 is 2.35 bits per heavy atom. The highest BCUT2D eigenvalue weighted by molar-refractivity contribution is 6.33. The first kappa shape index (κ1) is 13.7. The van der Waals surface area contributed by atoms with Crippen molar-refractivity contribution in [2.75, 3.05) is 25.0 Å². The van der Waals surface area contributed by atoms with Crippen LogP contribution in [0.15, 0.2) is 12.3 Å². The van der Waals surface area contributed by atoms with E-state index in [4.69, 9.17) is 17.3 Å². The van der Waals surface area contributed by atoms with Gasteiger partial charge < -0.3 is 16.0 Å². The van der Waals surface area contributed by atoms with Crippen molar-refractivity contribution >= 4 is 23.3 Å². The first-order chi connectivity index (χ1) is 8.10. The van der Waals surface area contributed by atoms with E-state index in [1.165, 1.54) is 0 Å². The molecular formula is C11H17ClN4O. The Hall–Kier alpha value is -1.33. The zero-order valence-electron chi connectivity index (χ0n) is 10.0. The number of halogens is 1. The molecule has 0 saturated heterocycles. The van der Waals surface area contributed by atoms with Crippen LogP contribution < -0.4 is 16.0 Å². The van der Waals surface area contributed by atoms with E-state index in [1.54, 1.807) is 24.2 Å². The second kappa shape index (κ2) is 6.42. The van der Waals surface area contributed by atoms with Gasteiger partial charge in [0.2, 0.25) is 5.91 Å². The molecule has 1 rings (SSSR count). The number of nitrogens with zero attached hydrogens (tertiary/aromatic N) is 2. The fourth-order valence-corrected chi connectivity index (χ4v) is 1.77. The summed E-state index contributed by atoms with van der Waals surface area (Å²) in [5.74, 6) is 0.506. The van der Waals surface area contributed by atoms with Gasteiger partial charge in [0.15, 0.2) is 0 Å². The van der Waals surface area contributed by atoms with Crippen LogP contribution in [0, 0.1) is 0 Å². The monoisotopic (exact) mass is 256 g/mol. The summed E-state index contributed by atoms with van der Waals surface area (Å²) in [5, 5.41) is 3.22. The lowest BCUT2D eigenvalue weighted by Gasteiger charge is -2.19. The highest BCUT2D eigenvalue weighted by Gasteiger charge is 2.13. The molecule has 1 aromatic rings. The summed E-state index contributed by atoms with van der Waals surface area (Å²) in [6.45, 7) is 3.05. The molecule has 1 heterocycles. The number of likely N-dealkylation sites (N-methyl/N-ethyl adjacent to an activating group) is 2. The standard InChI is InChI=1S/C11H17ClN4O/c1-3-14-9(17)7-16(2)11-10(12)8(6-13)4-5-15-11/h4-5H,3,6-7,13H2,1-2H3,(H,14,17). The molecule has 6 heteroatoms. The number of aromatic nitrogens is 1. The molecular weight excluding hydrogens is 240 g/mol. The number of amides is 1. The van der Waals surface area contributed by atoms with Crippen LogP contribution in [0.5, 0.6) is 0 Å². The Balaban J connectivity index is 2.81. The molecule has 1 amide bonds. The van der Waals surface area contributed by atoms with Crippen molar-refractivity contribution in [3.63, 3.8) is 0 Å². The normalized spacial score (nSPS) is 10.1. The number of hydrogen-bond donors (Lipinski definition) is 2. The molecule has 3 N–H and O–H groups in total. The third kappa shape index (κ3) is 3.57. The number of anilines is 1. The molecule has 0 saturated carbocycles. The van der Waals surface area contributed by atoms with Crippen LogP contribution in [0.2, 0.25) is 5.02 Å². The van der Waals surface area contributed by atoms with Gasteiger partial charge in [0.1, 0.15) is 5.82 Å². The topological polar surface area (TPSA) is 71.2 Å². The molecule has 0 aromatic carbocycles. The van der Waals surface area contributed by atoms with Crippen molar-refractivity contribution in [1.82, 2.24) is 10.3 Å². The summed E-state index contributed by atoms with van der Waals surface area (Å²) in [4.78, 5) is 17.3. The van der Waals surface area contributed by atoms with E-state index < -0.39 is 0 Å². The molecule has 1 aromatic heterocycles. The minimum Gasteiger partial charge on any atom is -0.355 e. The third-order valence-corrected chi connectivity index (χ3v) is 2.70. The first-order valence-electron chi connectivity index (χ1n) is 5.41. The van der Waals surface area contributed by atoms with E-state index in [9.17, 15) is 4.79 Å². The average molecular weight is 257 g/mol. The molecule has 0 aliphatic carbocycles. The van der Waals surface area contributed by atoms with Crippen LogP contribution in [0.4, 0.5) is 5.82 Å². The number of pyridine rings is 1. The van der Waals surface area contributed by atoms with E-state index in [0.717, 1.165) is 5.56 Å². The number of carbonyl (C=O) groups is 1. The second-order valence-corrected chi connectivity index (χ2v) is 4.00. The Labute approximate surface area is 106 Å². The van der Waals surface area contributed by atoms with Crippen LogP contribution in [-0.2, 0) is 11.3 Å². The fourth-order valence-electron chi connectivity index (χ4n) is 1.44. The van der Waals surface area contributed by atoms with E-state index in [2.05, 4.69) is 10.3 Å². The smallest absolute Gasteiger partial charge is 0.239 e. The maximum absolute atomic E-state index is 11.4. The van der Waals surface area contributed by atoms with E-state index in [1.807, 2.05) is 6.92 Å². The molecule has 5 nitrogen and oxygen atoms in total. The van der Waals surface area contributed by atoms with Crippen LogP contribution >= 0.6 is 11.6 Å². The summed E-state index contributed by atoms with van der Waals surface area (Å²) in [6, 6.07) is 1.77. The van der Waals surface area contributed by atoms with Crippen LogP contribution in [0.1, 0.15) is 12.5 Å². The summed E-state index contributed by atoms with van der Waals surface area (Å²) in [6.07, 6.45) is 1.64. The molecule has 0 aliphatic heterocycles. The van der Waals surface area contributed by atoms with Gasteiger partial charge in [0.25, 0.3) is 0 Å². The zero-order valence-corrected chi connectivity index (χ0v) is 10.8. The van der Waals surface area contributed by atoms with Gasteiger partial charge in [0, 0.05) is 26.3 Å². The number of nitrogens with one attached hydrogen (secondary N) is 1. The third-order valence-electron chi connectivity index (χ3n) is 2.29. The van der Waals surface area contributed by atoms with Crippen molar-refractivity contribution in [2.24, 2.45) is 5.73 Å². The molecule has 17 heavy (non-hydrogen) atoms. The number of nitrogens with two attached hydrogens (primary N) is 1. The van der Waals surface area contributed by atoms with Crippen molar-refractivity contribution < 1.29 is 4.79 Å². The largest absolute Gasteiger partial charge is 0.355 e. The highest BCUT2D eigenvalue weighted by atomic mass is 35.5. The van der Waals surface area contributed by atoms with Crippen molar-refractivity contribution in [1.29, 1.82) is 0 Å². The summed E-state index contributed by atoms with van der Waals surface area (Å²) < 4.78 is 0. The van der Waals surface area contributed by atoms with E-state index >= 15 is 0 Å². The van der Waals surface area contributed by atoms with Gasteiger partial charge in [-0.25, -0.2) is 4.98 Å². The van der Waals surface area contributed by atoms with E-state index in [-0.39, 0.29) is 12.5 Å². The van der Waals surface area contributed by atoms with Gasteiger partial charge in [-0.1, -0.05) is 11.6 Å². The van der Waals surface area contributed by atoms with Gasteiger partial charge in [-0.05, 0) is 18.6 Å². The Kier molecular flexibility index (Phi) is 5.18. The Bertz CT molecular complexity index is 397. The predicted molar refractivity (Wildman–Crippen MR) is 69.1 cm³/mol. The quantitative estimate of drug-likeness (QED) is 0.816. The van der Waals surface area contributed by atoms with Crippen LogP contribution in [0.3, 0.4) is 0 Å². The van der Waals surface area contributed by atoms with Gasteiger partial charge >= 0.3 is 0 Å². The Morgan fingerprint density at radius 1 is 1.65 bits per heavy atom. The van der Waals surface area contributed by atoms with Crippen molar-refractivity contribution in [2.45, 2.75) is 13.5 Å². The second-order valence-electron chi connectivity index (χ2n) is 3.62. The molecule has 0 atom stereocenters. The molecule has 0 unspecified atom stereocenters. The minimum absolute atomic E-state index is 0.0639. The first-order valence-corrected chi connectivity index (χ1v) is 5.79. The fraction of sp³-hybridized carbons (Fsp3) is 0.455. The lowest BCUT2D eigenvalue weighted by Crippen LogP contribution is -2.35. The molecule has 94 valence electrons. The molecule has 0 radical (unpaired) electrons. The average Bonchev–Trinajstić information content (AvgIpc) is 2.29. The zero-order chi connectivity index (χ0) is 12.8.